The summed E-state index contributed by atoms with van der Waals surface area (Å²) in [7, 11) is 0. The summed E-state index contributed by atoms with van der Waals surface area (Å²) in [5.74, 6) is -2.85. The maximum atomic E-state index is 14.0. The van der Waals surface area contributed by atoms with Crippen molar-refractivity contribution in [3.63, 3.8) is 0 Å². The molecule has 2 N–H and O–H groups in total. The van der Waals surface area contributed by atoms with Gasteiger partial charge in [-0.2, -0.15) is 0 Å². The van der Waals surface area contributed by atoms with Crippen LogP contribution in [0, 0.1) is 5.82 Å². The molecule has 0 saturated carbocycles. The van der Waals surface area contributed by atoms with Gasteiger partial charge in [-0.15, -0.1) is 0 Å². The van der Waals surface area contributed by atoms with Crippen molar-refractivity contribution in [2.24, 2.45) is 0 Å². The SMILES string of the molecule is CCOC(=O)CC(=O)CC(O)C=Cc1c(C(C)C)nc(C(C)C)c(/C=C/C(O)CC(=O)CC(=O)OCC)c1-c1ccc(F)cc1. The molecule has 0 amide bonds. The van der Waals surface area contributed by atoms with Gasteiger partial charge in [0.25, 0.3) is 0 Å². The van der Waals surface area contributed by atoms with Crippen LogP contribution in [0.3, 0.4) is 0 Å². The van der Waals surface area contributed by atoms with E-state index in [1.165, 1.54) is 24.3 Å². The molecule has 0 saturated heterocycles. The van der Waals surface area contributed by atoms with Crippen LogP contribution >= 0.6 is 0 Å². The molecule has 0 aliphatic carbocycles. The van der Waals surface area contributed by atoms with Crippen LogP contribution in [0.1, 0.15) is 102 Å². The van der Waals surface area contributed by atoms with Crippen molar-refractivity contribution in [1.82, 2.24) is 4.98 Å². The van der Waals surface area contributed by atoms with Crippen LogP contribution in [0.25, 0.3) is 23.3 Å². The van der Waals surface area contributed by atoms with Crippen LogP contribution in [0.5, 0.6) is 0 Å². The van der Waals surface area contributed by atoms with Crippen molar-refractivity contribution >= 4 is 35.7 Å². The Balaban J connectivity index is 2.64. The number of rotatable bonds is 17. The summed E-state index contributed by atoms with van der Waals surface area (Å²) in [4.78, 5) is 53.0. The van der Waals surface area contributed by atoms with Gasteiger partial charge in [0, 0.05) is 24.0 Å². The Hall–Kier alpha value is -4.02. The monoisotopic (exact) mass is 625 g/mol. The fourth-order valence-corrected chi connectivity index (χ4v) is 4.70. The van der Waals surface area contributed by atoms with E-state index < -0.39 is 54.4 Å². The minimum Gasteiger partial charge on any atom is -0.466 e. The van der Waals surface area contributed by atoms with Crippen molar-refractivity contribution < 1.29 is 43.3 Å². The van der Waals surface area contributed by atoms with Crippen LogP contribution < -0.4 is 0 Å². The van der Waals surface area contributed by atoms with Crippen molar-refractivity contribution in [2.75, 3.05) is 13.2 Å². The second-order valence-corrected chi connectivity index (χ2v) is 11.2. The highest BCUT2D eigenvalue weighted by Gasteiger charge is 2.23. The van der Waals surface area contributed by atoms with Gasteiger partial charge in [0.05, 0.1) is 36.8 Å². The number of Topliss-reactive ketones (excluding diaryl/α,β-unsaturated/α-hetero) is 2. The van der Waals surface area contributed by atoms with E-state index in [2.05, 4.69) is 0 Å². The van der Waals surface area contributed by atoms with Crippen LogP contribution in [0.15, 0.2) is 36.4 Å². The number of hydrogen-bond donors (Lipinski definition) is 2. The molecule has 0 aliphatic rings. The molecular formula is C35H44FNO8. The maximum absolute atomic E-state index is 14.0. The lowest BCUT2D eigenvalue weighted by molar-refractivity contribution is -0.147. The number of esters is 2. The van der Waals surface area contributed by atoms with Crippen molar-refractivity contribution in [1.29, 1.82) is 0 Å². The molecule has 0 bridgehead atoms. The Labute approximate surface area is 264 Å². The third-order valence-corrected chi connectivity index (χ3v) is 6.70. The molecule has 0 aliphatic heterocycles. The van der Waals surface area contributed by atoms with Crippen LogP contribution in [0.4, 0.5) is 4.39 Å². The van der Waals surface area contributed by atoms with Gasteiger partial charge >= 0.3 is 11.9 Å². The number of pyridine rings is 1. The fourth-order valence-electron chi connectivity index (χ4n) is 4.70. The molecule has 1 aromatic carbocycles. The average Bonchev–Trinajstić information content (AvgIpc) is 2.94. The summed E-state index contributed by atoms with van der Waals surface area (Å²) in [6, 6.07) is 5.89. The fraction of sp³-hybridized carbons (Fsp3) is 0.457. The van der Waals surface area contributed by atoms with Gasteiger partial charge in [0.2, 0.25) is 0 Å². The molecule has 2 rings (SSSR count). The standard InChI is InChI=1S/C35H44FNO8/c1-7-44-31(42)19-27(40)17-25(38)13-15-29-33(23-9-11-24(36)12-10-23)30(35(22(5)6)37-34(29)21(3)4)16-14-26(39)18-28(41)20-32(43)45-8-2/h9-16,21-22,25-26,38-39H,7-8,17-20H2,1-6H3/b15-13+,16-14?. The third kappa shape index (κ3) is 11.8. The van der Waals surface area contributed by atoms with Gasteiger partial charge in [-0.25, -0.2) is 4.39 Å². The number of aliphatic hydroxyl groups excluding tert-OH is 2. The van der Waals surface area contributed by atoms with Gasteiger partial charge in [0.15, 0.2) is 0 Å². The topological polar surface area (TPSA) is 140 Å². The molecule has 0 spiro atoms. The quantitative estimate of drug-likeness (QED) is 0.167. The van der Waals surface area contributed by atoms with Crippen molar-refractivity contribution in [2.45, 2.75) is 91.3 Å². The van der Waals surface area contributed by atoms with Crippen molar-refractivity contribution in [3.05, 3.63) is 64.7 Å². The minimum absolute atomic E-state index is 0.0759. The van der Waals surface area contributed by atoms with E-state index in [4.69, 9.17) is 14.5 Å². The summed E-state index contributed by atoms with van der Waals surface area (Å²) < 4.78 is 23.6. The first kappa shape index (κ1) is 37.2. The Bertz CT molecular complexity index is 1320. The summed E-state index contributed by atoms with van der Waals surface area (Å²) in [5.41, 5.74) is 3.92. The number of carbonyl (C=O) groups excluding carboxylic acids is 4. The predicted molar refractivity (Wildman–Crippen MR) is 170 cm³/mol. The van der Waals surface area contributed by atoms with Gasteiger partial charge in [-0.1, -0.05) is 64.1 Å². The third-order valence-electron chi connectivity index (χ3n) is 6.70. The van der Waals surface area contributed by atoms with Gasteiger partial charge in [0.1, 0.15) is 30.2 Å². The molecule has 45 heavy (non-hydrogen) atoms. The minimum atomic E-state index is -1.20. The molecule has 244 valence electrons. The van der Waals surface area contributed by atoms with E-state index >= 15 is 0 Å². The van der Waals surface area contributed by atoms with E-state index in [1.807, 2.05) is 27.7 Å². The Morgan fingerprint density at radius 2 is 1.16 bits per heavy atom. The van der Waals surface area contributed by atoms with E-state index in [9.17, 15) is 33.8 Å². The Morgan fingerprint density at radius 3 is 1.51 bits per heavy atom. The molecule has 1 aromatic heterocycles. The second-order valence-electron chi connectivity index (χ2n) is 11.2. The van der Waals surface area contributed by atoms with Crippen LogP contribution in [-0.4, -0.2) is 64.1 Å². The molecule has 0 fully saturated rings. The molecule has 2 atom stereocenters. The summed E-state index contributed by atoms with van der Waals surface area (Å²) in [6.07, 6.45) is 2.32. The molecule has 9 nitrogen and oxygen atoms in total. The predicted octanol–water partition coefficient (Wildman–Crippen LogP) is 5.71. The molecule has 0 radical (unpaired) electrons. The molecular weight excluding hydrogens is 581 g/mol. The lowest BCUT2D eigenvalue weighted by Gasteiger charge is -2.23. The van der Waals surface area contributed by atoms with Crippen LogP contribution in [0.2, 0.25) is 0 Å². The van der Waals surface area contributed by atoms with Gasteiger partial charge < -0.3 is 19.7 Å². The van der Waals surface area contributed by atoms with E-state index in [1.54, 1.807) is 38.1 Å². The number of aromatic nitrogens is 1. The first-order valence-electron chi connectivity index (χ1n) is 15.2. The van der Waals surface area contributed by atoms with E-state index in [-0.39, 0.29) is 37.9 Å². The highest BCUT2D eigenvalue weighted by atomic mass is 19.1. The number of nitrogens with zero attached hydrogens (tertiary/aromatic N) is 1. The smallest absolute Gasteiger partial charge is 0.313 e. The number of hydrogen-bond acceptors (Lipinski definition) is 9. The molecule has 1 heterocycles. The average molecular weight is 626 g/mol. The normalized spacial score (nSPS) is 13.0. The largest absolute Gasteiger partial charge is 0.466 e. The number of halogens is 1. The summed E-state index contributed by atoms with van der Waals surface area (Å²) in [5, 5.41) is 21.4. The van der Waals surface area contributed by atoms with Crippen LogP contribution in [-0.2, 0) is 28.7 Å². The highest BCUT2D eigenvalue weighted by Crippen LogP contribution is 2.38. The molecule has 2 unspecified atom stereocenters. The zero-order chi connectivity index (χ0) is 33.7. The lowest BCUT2D eigenvalue weighted by Crippen LogP contribution is -2.16. The van der Waals surface area contributed by atoms with Crippen molar-refractivity contribution in [3.8, 4) is 11.1 Å². The Kier molecular flexibility index (Phi) is 14.9. The lowest BCUT2D eigenvalue weighted by atomic mass is 9.86. The number of benzene rings is 1. The second kappa shape index (κ2) is 18.1. The zero-order valence-electron chi connectivity index (χ0n) is 26.8. The maximum Gasteiger partial charge on any atom is 0.313 e. The number of ether oxygens (including phenoxy) is 2. The first-order chi connectivity index (χ1) is 21.3. The number of carbonyl (C=O) groups is 4. The Morgan fingerprint density at radius 1 is 0.756 bits per heavy atom. The van der Waals surface area contributed by atoms with E-state index in [0.717, 1.165) is 0 Å². The van der Waals surface area contributed by atoms with E-state index in [0.29, 0.717) is 33.6 Å². The van der Waals surface area contributed by atoms with Gasteiger partial charge in [-0.05, 0) is 48.9 Å². The molecule has 2 aromatic rings. The highest BCUT2D eigenvalue weighted by molar-refractivity contribution is 5.96. The summed E-state index contributed by atoms with van der Waals surface area (Å²) >= 11 is 0. The number of aliphatic hydroxyl groups is 2. The summed E-state index contributed by atoms with van der Waals surface area (Å²) in [6.45, 7) is 11.4. The molecule has 10 heteroatoms. The first-order valence-corrected chi connectivity index (χ1v) is 15.2. The zero-order valence-corrected chi connectivity index (χ0v) is 26.8. The number of ketones is 2. The van der Waals surface area contributed by atoms with Gasteiger partial charge in [-0.3, -0.25) is 24.2 Å².